The second-order valence-corrected chi connectivity index (χ2v) is 10.0. The fourth-order valence-corrected chi connectivity index (χ4v) is 5.59. The van der Waals surface area contributed by atoms with Crippen molar-refractivity contribution in [1.29, 1.82) is 0 Å². The molecule has 2 aromatic heterocycles. The molecule has 0 radical (unpaired) electrons. The lowest BCUT2D eigenvalue weighted by Crippen LogP contribution is -2.31. The fourth-order valence-electron chi connectivity index (χ4n) is 3.83. The number of aryl methyl sites for hydroxylation is 1. The van der Waals surface area contributed by atoms with Gasteiger partial charge in [-0.1, -0.05) is 24.2 Å². The molecular weight excluding hydrogens is 418 g/mol. The molecule has 1 aliphatic rings. The van der Waals surface area contributed by atoms with Crippen LogP contribution in [0.1, 0.15) is 37.4 Å². The van der Waals surface area contributed by atoms with Crippen LogP contribution < -0.4 is 10.4 Å². The van der Waals surface area contributed by atoms with Gasteiger partial charge in [-0.05, 0) is 49.9 Å². The highest BCUT2D eigenvalue weighted by molar-refractivity contribution is 7.91. The molecule has 0 aliphatic heterocycles. The van der Waals surface area contributed by atoms with Crippen molar-refractivity contribution in [3.8, 4) is 5.75 Å². The summed E-state index contributed by atoms with van der Waals surface area (Å²) in [4.78, 5) is 13.4. The number of ether oxygens (including phenoxy) is 1. The summed E-state index contributed by atoms with van der Waals surface area (Å²) in [5.41, 5.74) is 2.27. The number of hydrogen-bond acceptors (Lipinski definition) is 6. The summed E-state index contributed by atoms with van der Waals surface area (Å²) in [6.07, 6.45) is 2.04. The van der Waals surface area contributed by atoms with Gasteiger partial charge >= 0.3 is 5.69 Å². The summed E-state index contributed by atoms with van der Waals surface area (Å²) >= 11 is 0. The zero-order valence-corrected chi connectivity index (χ0v) is 18.2. The quantitative estimate of drug-likeness (QED) is 0.436. The third-order valence-corrected chi connectivity index (χ3v) is 7.75. The van der Waals surface area contributed by atoms with Crippen molar-refractivity contribution in [2.45, 2.75) is 44.9 Å². The lowest BCUT2D eigenvalue weighted by molar-refractivity contribution is 0.317. The lowest BCUT2D eigenvalue weighted by Gasteiger charge is -2.08. The van der Waals surface area contributed by atoms with Gasteiger partial charge in [0.15, 0.2) is 5.58 Å². The van der Waals surface area contributed by atoms with Gasteiger partial charge in [0, 0.05) is 11.5 Å². The Hall–Kier alpha value is -3.07. The van der Waals surface area contributed by atoms with Crippen molar-refractivity contribution < 1.29 is 17.7 Å². The zero-order valence-electron chi connectivity index (χ0n) is 17.4. The first-order chi connectivity index (χ1) is 14.9. The van der Waals surface area contributed by atoms with E-state index in [1.165, 1.54) is 4.57 Å². The first kappa shape index (κ1) is 19.9. The summed E-state index contributed by atoms with van der Waals surface area (Å²) in [6, 6.07) is 10.9. The van der Waals surface area contributed by atoms with Crippen LogP contribution in [0.4, 0.5) is 0 Å². The van der Waals surface area contributed by atoms with Crippen LogP contribution in [-0.4, -0.2) is 34.0 Å². The maximum absolute atomic E-state index is 13.4. The molecule has 4 aromatic rings. The Balaban J connectivity index is 1.70. The van der Waals surface area contributed by atoms with Crippen molar-refractivity contribution in [3.05, 3.63) is 58.1 Å². The predicted molar refractivity (Wildman–Crippen MR) is 117 cm³/mol. The molecule has 8 nitrogen and oxygen atoms in total. The molecule has 9 heteroatoms. The lowest BCUT2D eigenvalue weighted by atomic mass is 10.2. The Morgan fingerprint density at radius 1 is 1.19 bits per heavy atom. The van der Waals surface area contributed by atoms with Gasteiger partial charge in [-0.15, -0.1) is 0 Å². The first-order valence-electron chi connectivity index (χ1n) is 10.4. The van der Waals surface area contributed by atoms with E-state index in [0.717, 1.165) is 27.1 Å². The molecule has 0 atom stereocenters. The minimum atomic E-state index is -3.78. The summed E-state index contributed by atoms with van der Waals surface area (Å²) < 4.78 is 39.7. The van der Waals surface area contributed by atoms with E-state index in [0.29, 0.717) is 41.8 Å². The second kappa shape index (κ2) is 7.26. The molecule has 0 unspecified atom stereocenters. The summed E-state index contributed by atoms with van der Waals surface area (Å²) in [7, 11) is -3.78. The van der Waals surface area contributed by atoms with Crippen LogP contribution in [0.2, 0.25) is 0 Å². The molecular formula is C22H23N3O5S. The molecule has 1 aliphatic carbocycles. The topological polar surface area (TPSA) is 96.3 Å². The molecule has 31 heavy (non-hydrogen) atoms. The molecule has 162 valence electrons. The Morgan fingerprint density at radius 3 is 2.74 bits per heavy atom. The number of aromatic nitrogens is 3. The molecule has 0 N–H and O–H groups in total. The van der Waals surface area contributed by atoms with Gasteiger partial charge in [0.2, 0.25) is 10.0 Å². The Morgan fingerprint density at radius 2 is 2.00 bits per heavy atom. The standard InChI is InChI=1S/C22H23N3O5S/c1-3-9-29-16-6-4-5-15(10-16)13-24-19-11-18-14(2)23-30-21(18)12-20(19)25(22(24)26)31(27,28)17-7-8-17/h4-6,10-12,17H,3,7-9,13H2,1-2H3. The van der Waals surface area contributed by atoms with Gasteiger partial charge in [-0.3, -0.25) is 4.57 Å². The van der Waals surface area contributed by atoms with Crippen molar-refractivity contribution in [3.63, 3.8) is 0 Å². The number of rotatable bonds is 7. The van der Waals surface area contributed by atoms with Crippen molar-refractivity contribution in [2.75, 3.05) is 6.61 Å². The monoisotopic (exact) mass is 441 g/mol. The maximum Gasteiger partial charge on any atom is 0.343 e. The third-order valence-electron chi connectivity index (χ3n) is 5.57. The summed E-state index contributed by atoms with van der Waals surface area (Å²) in [6.45, 7) is 4.67. The van der Waals surface area contributed by atoms with E-state index in [9.17, 15) is 13.2 Å². The summed E-state index contributed by atoms with van der Waals surface area (Å²) in [5.74, 6) is 0.721. The van der Waals surface area contributed by atoms with Crippen molar-refractivity contribution in [2.24, 2.45) is 0 Å². The SMILES string of the molecule is CCCOc1cccc(Cn2c(=O)n(S(=O)(=O)C3CC3)c3cc4onc(C)c4cc32)c1. The second-order valence-electron chi connectivity index (χ2n) is 7.98. The van der Waals surface area contributed by atoms with E-state index in [1.54, 1.807) is 12.1 Å². The van der Waals surface area contributed by atoms with Gasteiger partial charge in [-0.25, -0.2) is 13.2 Å². The minimum absolute atomic E-state index is 0.224. The zero-order chi connectivity index (χ0) is 21.8. The van der Waals surface area contributed by atoms with E-state index < -0.39 is 21.0 Å². The molecule has 1 fully saturated rings. The number of fused-ring (bicyclic) bond motifs is 2. The molecule has 1 saturated carbocycles. The van der Waals surface area contributed by atoms with Gasteiger partial charge in [0.25, 0.3) is 0 Å². The van der Waals surface area contributed by atoms with Gasteiger partial charge in [0.05, 0.1) is 35.1 Å². The van der Waals surface area contributed by atoms with Gasteiger partial charge < -0.3 is 9.26 Å². The predicted octanol–water partition coefficient (Wildman–Crippen LogP) is 3.43. The van der Waals surface area contributed by atoms with E-state index >= 15 is 0 Å². The van der Waals surface area contributed by atoms with Crippen LogP contribution in [0.3, 0.4) is 0 Å². The minimum Gasteiger partial charge on any atom is -0.494 e. The Kier molecular flexibility index (Phi) is 4.65. The van der Waals surface area contributed by atoms with E-state index in [2.05, 4.69) is 5.16 Å². The number of nitrogens with zero attached hydrogens (tertiary/aromatic N) is 3. The maximum atomic E-state index is 13.4. The number of hydrogen-bond donors (Lipinski definition) is 0. The number of imidazole rings is 1. The highest BCUT2D eigenvalue weighted by atomic mass is 32.2. The van der Waals surface area contributed by atoms with Crippen LogP contribution >= 0.6 is 0 Å². The highest BCUT2D eigenvalue weighted by Crippen LogP contribution is 2.33. The normalized spacial score (nSPS) is 14.5. The molecule has 0 saturated heterocycles. The average Bonchev–Trinajstić information content (AvgIpc) is 3.51. The number of benzene rings is 2. The van der Waals surface area contributed by atoms with Crippen LogP contribution in [-0.2, 0) is 16.6 Å². The van der Waals surface area contributed by atoms with E-state index in [1.807, 2.05) is 38.1 Å². The molecule has 2 heterocycles. The molecule has 5 rings (SSSR count). The van der Waals surface area contributed by atoms with Crippen LogP contribution in [0.15, 0.2) is 45.7 Å². The van der Waals surface area contributed by atoms with Crippen molar-refractivity contribution >= 4 is 32.0 Å². The largest absolute Gasteiger partial charge is 0.494 e. The van der Waals surface area contributed by atoms with Gasteiger partial charge in [0.1, 0.15) is 5.75 Å². The van der Waals surface area contributed by atoms with Crippen LogP contribution in [0, 0.1) is 6.92 Å². The van der Waals surface area contributed by atoms with Crippen molar-refractivity contribution in [1.82, 2.24) is 13.7 Å². The van der Waals surface area contributed by atoms with Crippen LogP contribution in [0.25, 0.3) is 22.0 Å². The van der Waals surface area contributed by atoms with E-state index in [4.69, 9.17) is 9.26 Å². The Labute approximate surface area is 179 Å². The van der Waals surface area contributed by atoms with Gasteiger partial charge in [-0.2, -0.15) is 3.97 Å². The summed E-state index contributed by atoms with van der Waals surface area (Å²) in [5, 5.41) is 4.22. The first-order valence-corrected chi connectivity index (χ1v) is 11.9. The fraction of sp³-hybridized carbons (Fsp3) is 0.364. The van der Waals surface area contributed by atoms with Crippen LogP contribution in [0.5, 0.6) is 5.75 Å². The molecule has 0 spiro atoms. The Bertz CT molecular complexity index is 1460. The average molecular weight is 442 g/mol. The molecule has 2 aromatic carbocycles. The smallest absolute Gasteiger partial charge is 0.343 e. The highest BCUT2D eigenvalue weighted by Gasteiger charge is 2.39. The van der Waals surface area contributed by atoms with E-state index in [-0.39, 0.29) is 6.54 Å². The molecule has 0 bridgehead atoms. The molecule has 0 amide bonds. The third kappa shape index (κ3) is 3.33.